The number of fused-ring (bicyclic) bond motifs is 1. The van der Waals surface area contributed by atoms with Gasteiger partial charge in [-0.25, -0.2) is 9.37 Å². The summed E-state index contributed by atoms with van der Waals surface area (Å²) in [4.78, 5) is 25.1. The van der Waals surface area contributed by atoms with Gasteiger partial charge in [-0.05, 0) is 31.2 Å². The van der Waals surface area contributed by atoms with Gasteiger partial charge in [-0.1, -0.05) is 0 Å². The zero-order valence-corrected chi connectivity index (χ0v) is 15.7. The number of carbonyl (C=O) groups is 1. The van der Waals surface area contributed by atoms with Gasteiger partial charge in [0.1, 0.15) is 18.2 Å². The maximum atomic E-state index is 13.1. The average molecular weight is 395 g/mol. The first-order valence-electron chi connectivity index (χ1n) is 8.70. The van der Waals surface area contributed by atoms with Crippen molar-refractivity contribution in [3.05, 3.63) is 48.2 Å². The number of nitrogens with zero attached hydrogens (tertiary/aromatic N) is 6. The van der Waals surface area contributed by atoms with Gasteiger partial charge in [-0.15, -0.1) is 0 Å². The lowest BCUT2D eigenvalue weighted by molar-refractivity contribution is -0.116. The van der Waals surface area contributed by atoms with Gasteiger partial charge in [-0.2, -0.15) is 15.1 Å². The predicted octanol–water partition coefficient (Wildman–Crippen LogP) is 1.97. The highest BCUT2D eigenvalue weighted by atomic mass is 19.1. The minimum absolute atomic E-state index is 0.0199. The van der Waals surface area contributed by atoms with E-state index in [1.54, 1.807) is 34.5 Å². The SMILES string of the molecule is Cc1cc(NC(=O)Cn2cnc3c(Nc4ccc(F)cc4)nc(N)nc32)n(C)n1. The molecule has 4 rings (SSSR count). The number of nitrogens with two attached hydrogens (primary N) is 1. The fraction of sp³-hybridized carbons (Fsp3) is 0.167. The number of amides is 1. The molecule has 0 atom stereocenters. The first-order chi connectivity index (χ1) is 13.9. The molecule has 0 aliphatic carbocycles. The second-order valence-corrected chi connectivity index (χ2v) is 6.45. The highest BCUT2D eigenvalue weighted by Gasteiger charge is 2.15. The highest BCUT2D eigenvalue weighted by molar-refractivity contribution is 5.92. The number of hydrogen-bond acceptors (Lipinski definition) is 7. The van der Waals surface area contributed by atoms with E-state index >= 15 is 0 Å². The first kappa shape index (κ1) is 18.3. The van der Waals surface area contributed by atoms with Crippen molar-refractivity contribution >= 4 is 40.3 Å². The van der Waals surface area contributed by atoms with E-state index in [1.807, 2.05) is 6.92 Å². The lowest BCUT2D eigenvalue weighted by atomic mass is 10.3. The maximum absolute atomic E-state index is 13.1. The quantitative estimate of drug-likeness (QED) is 0.471. The normalized spacial score (nSPS) is 11.0. The van der Waals surface area contributed by atoms with Crippen molar-refractivity contribution in [2.45, 2.75) is 13.5 Å². The molecule has 0 saturated carbocycles. The van der Waals surface area contributed by atoms with Crippen molar-refractivity contribution in [3.63, 3.8) is 0 Å². The van der Waals surface area contributed by atoms with Gasteiger partial charge in [0.15, 0.2) is 17.0 Å². The zero-order chi connectivity index (χ0) is 20.5. The lowest BCUT2D eigenvalue weighted by Gasteiger charge is -2.09. The van der Waals surface area contributed by atoms with Crippen LogP contribution in [0.2, 0.25) is 0 Å². The van der Waals surface area contributed by atoms with E-state index in [1.165, 1.54) is 18.5 Å². The van der Waals surface area contributed by atoms with Gasteiger partial charge in [-0.3, -0.25) is 9.48 Å². The molecule has 0 saturated heterocycles. The molecule has 0 radical (unpaired) electrons. The molecule has 1 amide bonds. The fourth-order valence-electron chi connectivity index (χ4n) is 2.90. The first-order valence-corrected chi connectivity index (χ1v) is 8.70. The van der Waals surface area contributed by atoms with Crippen LogP contribution in [0.3, 0.4) is 0 Å². The minimum atomic E-state index is -0.346. The Bertz CT molecular complexity index is 1200. The molecule has 3 heterocycles. The van der Waals surface area contributed by atoms with Crippen molar-refractivity contribution < 1.29 is 9.18 Å². The smallest absolute Gasteiger partial charge is 0.245 e. The van der Waals surface area contributed by atoms with Crippen LogP contribution in [0.5, 0.6) is 0 Å². The molecule has 4 aromatic rings. The number of imidazole rings is 1. The monoisotopic (exact) mass is 395 g/mol. The Balaban J connectivity index is 1.59. The Morgan fingerprint density at radius 1 is 1.24 bits per heavy atom. The molecule has 3 aromatic heterocycles. The van der Waals surface area contributed by atoms with E-state index in [9.17, 15) is 9.18 Å². The third kappa shape index (κ3) is 3.83. The second-order valence-electron chi connectivity index (χ2n) is 6.45. The molecular formula is C18H18FN9O. The summed E-state index contributed by atoms with van der Waals surface area (Å²) in [6.45, 7) is 1.82. The predicted molar refractivity (Wildman–Crippen MR) is 106 cm³/mol. The number of nitrogen functional groups attached to an aromatic ring is 1. The largest absolute Gasteiger partial charge is 0.368 e. The third-order valence-electron chi connectivity index (χ3n) is 4.17. The highest BCUT2D eigenvalue weighted by Crippen LogP contribution is 2.23. The van der Waals surface area contributed by atoms with Crippen molar-refractivity contribution in [2.75, 3.05) is 16.4 Å². The Hall–Kier alpha value is -4.02. The van der Waals surface area contributed by atoms with Crippen LogP contribution in [0.1, 0.15) is 5.69 Å². The van der Waals surface area contributed by atoms with Gasteiger partial charge < -0.3 is 20.9 Å². The van der Waals surface area contributed by atoms with Crippen molar-refractivity contribution in [3.8, 4) is 0 Å². The van der Waals surface area contributed by atoms with Gasteiger partial charge in [0.05, 0.1) is 12.0 Å². The molecule has 0 aliphatic heterocycles. The number of carbonyl (C=O) groups excluding carboxylic acids is 1. The van der Waals surface area contributed by atoms with E-state index in [-0.39, 0.29) is 24.2 Å². The zero-order valence-electron chi connectivity index (χ0n) is 15.7. The summed E-state index contributed by atoms with van der Waals surface area (Å²) in [5.41, 5.74) is 8.09. The van der Waals surface area contributed by atoms with Crippen molar-refractivity contribution in [2.24, 2.45) is 7.05 Å². The topological polar surface area (TPSA) is 129 Å². The number of aromatic nitrogens is 6. The molecule has 1 aromatic carbocycles. The Kier molecular flexibility index (Phi) is 4.55. The Morgan fingerprint density at radius 2 is 2.00 bits per heavy atom. The lowest BCUT2D eigenvalue weighted by Crippen LogP contribution is -2.20. The maximum Gasteiger partial charge on any atom is 0.245 e. The van der Waals surface area contributed by atoms with Crippen LogP contribution in [-0.4, -0.2) is 35.2 Å². The van der Waals surface area contributed by atoms with E-state index in [0.29, 0.717) is 28.5 Å². The summed E-state index contributed by atoms with van der Waals surface area (Å²) in [6.07, 6.45) is 1.49. The molecule has 29 heavy (non-hydrogen) atoms. The molecule has 0 spiro atoms. The summed E-state index contributed by atoms with van der Waals surface area (Å²) >= 11 is 0. The number of nitrogens with one attached hydrogen (secondary N) is 2. The molecule has 10 nitrogen and oxygen atoms in total. The summed E-state index contributed by atoms with van der Waals surface area (Å²) in [5, 5.41) is 10.0. The van der Waals surface area contributed by atoms with Crippen LogP contribution in [-0.2, 0) is 18.4 Å². The van der Waals surface area contributed by atoms with E-state index in [4.69, 9.17) is 5.73 Å². The van der Waals surface area contributed by atoms with Crippen molar-refractivity contribution in [1.82, 2.24) is 29.3 Å². The van der Waals surface area contributed by atoms with Crippen molar-refractivity contribution in [1.29, 1.82) is 0 Å². The molecular weight excluding hydrogens is 377 g/mol. The van der Waals surface area contributed by atoms with Crippen LogP contribution in [0.15, 0.2) is 36.7 Å². The van der Waals surface area contributed by atoms with Gasteiger partial charge in [0.25, 0.3) is 0 Å². The number of benzene rings is 1. The summed E-state index contributed by atoms with van der Waals surface area (Å²) in [5.74, 6) is 0.358. The average Bonchev–Trinajstić information content (AvgIpc) is 3.19. The molecule has 0 bridgehead atoms. The van der Waals surface area contributed by atoms with Crippen LogP contribution in [0, 0.1) is 12.7 Å². The number of aryl methyl sites for hydroxylation is 2. The molecule has 11 heteroatoms. The van der Waals surface area contributed by atoms with Crippen LogP contribution in [0.4, 0.5) is 27.7 Å². The number of rotatable bonds is 5. The molecule has 0 aliphatic rings. The number of hydrogen-bond donors (Lipinski definition) is 3. The Morgan fingerprint density at radius 3 is 2.69 bits per heavy atom. The molecule has 148 valence electrons. The van der Waals surface area contributed by atoms with E-state index < -0.39 is 0 Å². The standard InChI is InChI=1S/C18H18FN9O/c1-10-7-13(27(2)26-10)23-14(29)8-28-9-21-15-16(24-18(20)25-17(15)28)22-12-5-3-11(19)4-6-12/h3-7,9H,8H2,1-2H3,(H,23,29)(H3,20,22,24,25). The minimum Gasteiger partial charge on any atom is -0.368 e. The molecule has 0 unspecified atom stereocenters. The third-order valence-corrected chi connectivity index (χ3v) is 4.17. The summed E-state index contributed by atoms with van der Waals surface area (Å²) in [6, 6.07) is 7.56. The van der Waals surface area contributed by atoms with Crippen LogP contribution >= 0.6 is 0 Å². The van der Waals surface area contributed by atoms with Crippen LogP contribution in [0.25, 0.3) is 11.2 Å². The van der Waals surface area contributed by atoms with E-state index in [2.05, 4.69) is 30.7 Å². The van der Waals surface area contributed by atoms with Gasteiger partial charge in [0.2, 0.25) is 11.9 Å². The fourth-order valence-corrected chi connectivity index (χ4v) is 2.90. The van der Waals surface area contributed by atoms with E-state index in [0.717, 1.165) is 5.69 Å². The number of anilines is 4. The number of halogens is 1. The molecule has 0 fully saturated rings. The Labute approximate surface area is 164 Å². The van der Waals surface area contributed by atoms with Gasteiger partial charge >= 0.3 is 0 Å². The summed E-state index contributed by atoms with van der Waals surface area (Å²) < 4.78 is 16.3. The van der Waals surface area contributed by atoms with Gasteiger partial charge in [0, 0.05) is 18.8 Å². The summed E-state index contributed by atoms with van der Waals surface area (Å²) in [7, 11) is 1.75. The second kappa shape index (κ2) is 7.19. The van der Waals surface area contributed by atoms with Crippen LogP contribution < -0.4 is 16.4 Å². The molecule has 4 N–H and O–H groups in total.